The van der Waals surface area contributed by atoms with E-state index in [4.69, 9.17) is 9.15 Å². The van der Waals surface area contributed by atoms with Gasteiger partial charge < -0.3 is 14.1 Å². The van der Waals surface area contributed by atoms with Crippen LogP contribution in [0.4, 0.5) is 0 Å². The predicted octanol–water partition coefficient (Wildman–Crippen LogP) is 3.60. The van der Waals surface area contributed by atoms with Crippen molar-refractivity contribution in [3.8, 4) is 17.6 Å². The molecule has 7 nitrogen and oxygen atoms in total. The van der Waals surface area contributed by atoms with Crippen LogP contribution < -0.4 is 4.74 Å². The Labute approximate surface area is 161 Å². The molecule has 0 bridgehead atoms. The lowest BCUT2D eigenvalue weighted by Crippen LogP contribution is -2.35. The van der Waals surface area contributed by atoms with Crippen LogP contribution in [-0.2, 0) is 11.3 Å². The highest BCUT2D eigenvalue weighted by Gasteiger charge is 2.55. The second-order valence-electron chi connectivity index (χ2n) is 7.08. The van der Waals surface area contributed by atoms with Gasteiger partial charge >= 0.3 is 0 Å². The van der Waals surface area contributed by atoms with Gasteiger partial charge in [0, 0.05) is 12.7 Å². The van der Waals surface area contributed by atoms with Crippen molar-refractivity contribution in [2.24, 2.45) is 5.41 Å². The molecule has 1 aliphatic heterocycles. The number of pyridine rings is 1. The van der Waals surface area contributed by atoms with Crippen LogP contribution in [0.15, 0.2) is 59.7 Å². The largest absolute Gasteiger partial charge is 0.456 e. The third-order valence-corrected chi connectivity index (χ3v) is 5.29. The van der Waals surface area contributed by atoms with Gasteiger partial charge in [-0.3, -0.25) is 9.78 Å². The van der Waals surface area contributed by atoms with Crippen LogP contribution in [0.1, 0.15) is 35.8 Å². The molecule has 138 valence electrons. The Hall–Kier alpha value is -3.66. The second-order valence-corrected chi connectivity index (χ2v) is 7.08. The van der Waals surface area contributed by atoms with E-state index in [1.165, 1.54) is 6.39 Å². The molecule has 1 fully saturated rings. The van der Waals surface area contributed by atoms with E-state index in [0.717, 1.165) is 11.1 Å². The summed E-state index contributed by atoms with van der Waals surface area (Å²) in [5.41, 5.74) is 1.03. The summed E-state index contributed by atoms with van der Waals surface area (Å²) in [5.74, 6) is 1.74. The van der Waals surface area contributed by atoms with Gasteiger partial charge in [0.1, 0.15) is 23.0 Å². The summed E-state index contributed by atoms with van der Waals surface area (Å²) >= 11 is 0. The van der Waals surface area contributed by atoms with Crippen molar-refractivity contribution < 1.29 is 13.9 Å². The zero-order chi connectivity index (χ0) is 19.1. The first-order valence-electron chi connectivity index (χ1n) is 9.02. The van der Waals surface area contributed by atoms with Gasteiger partial charge in [-0.05, 0) is 48.2 Å². The highest BCUT2D eigenvalue weighted by Crippen LogP contribution is 2.50. The normalized spacial score (nSPS) is 19.0. The Bertz CT molecular complexity index is 1070. The van der Waals surface area contributed by atoms with Crippen molar-refractivity contribution in [1.82, 2.24) is 14.9 Å². The van der Waals surface area contributed by atoms with Gasteiger partial charge in [-0.15, -0.1) is 0 Å². The third-order valence-electron chi connectivity index (χ3n) is 5.29. The fraction of sp³-hybridized carbons (Fsp3) is 0.238. The number of nitrogens with zero attached hydrogens (tertiary/aromatic N) is 4. The lowest BCUT2D eigenvalue weighted by atomic mass is 10.0. The van der Waals surface area contributed by atoms with Crippen LogP contribution in [0.2, 0.25) is 0 Å². The maximum absolute atomic E-state index is 13.1. The maximum Gasteiger partial charge on any atom is 0.244 e. The van der Waals surface area contributed by atoms with Crippen molar-refractivity contribution >= 4 is 5.91 Å². The minimum atomic E-state index is -0.893. The maximum atomic E-state index is 13.1. The van der Waals surface area contributed by atoms with E-state index in [2.05, 4.69) is 16.0 Å². The van der Waals surface area contributed by atoms with E-state index >= 15 is 0 Å². The number of fused-ring (bicyclic) bond motifs is 1. The van der Waals surface area contributed by atoms with Crippen molar-refractivity contribution in [3.63, 3.8) is 0 Å². The van der Waals surface area contributed by atoms with Gasteiger partial charge in [0.05, 0.1) is 18.5 Å². The minimum Gasteiger partial charge on any atom is -0.456 e. The van der Waals surface area contributed by atoms with E-state index in [0.29, 0.717) is 36.6 Å². The molecule has 0 N–H and O–H groups in total. The molecule has 1 aliphatic carbocycles. The SMILES string of the molecule is N#CC1(C(=O)N2Cc3cc(Oc4cccnc4)ccc3[C@H]2c2cnco2)CC1. The number of benzene rings is 1. The third kappa shape index (κ3) is 2.62. The van der Waals surface area contributed by atoms with Gasteiger partial charge in [-0.25, -0.2) is 4.98 Å². The van der Waals surface area contributed by atoms with Gasteiger partial charge in [0.2, 0.25) is 5.91 Å². The van der Waals surface area contributed by atoms with E-state index in [1.54, 1.807) is 29.6 Å². The molecule has 1 saturated carbocycles. The van der Waals surface area contributed by atoms with Crippen LogP contribution in [0.25, 0.3) is 0 Å². The van der Waals surface area contributed by atoms with Crippen molar-refractivity contribution in [2.45, 2.75) is 25.4 Å². The Morgan fingerprint density at radius 2 is 2.14 bits per heavy atom. The second kappa shape index (κ2) is 6.20. The number of hydrogen-bond acceptors (Lipinski definition) is 6. The van der Waals surface area contributed by atoms with Crippen LogP contribution in [0, 0.1) is 16.7 Å². The molecule has 1 atom stereocenters. The molecule has 2 aliphatic rings. The molecule has 1 aromatic carbocycles. The molecule has 7 heteroatoms. The van der Waals surface area contributed by atoms with Gasteiger partial charge in [0.15, 0.2) is 12.2 Å². The zero-order valence-corrected chi connectivity index (χ0v) is 14.9. The van der Waals surface area contributed by atoms with Crippen LogP contribution >= 0.6 is 0 Å². The summed E-state index contributed by atoms with van der Waals surface area (Å²) in [4.78, 5) is 22.9. The molecular weight excluding hydrogens is 356 g/mol. The zero-order valence-electron chi connectivity index (χ0n) is 14.9. The van der Waals surface area contributed by atoms with E-state index in [-0.39, 0.29) is 11.9 Å². The van der Waals surface area contributed by atoms with E-state index in [9.17, 15) is 10.1 Å². The number of oxazole rings is 1. The number of hydrogen-bond donors (Lipinski definition) is 0. The summed E-state index contributed by atoms with van der Waals surface area (Å²) < 4.78 is 11.4. The first kappa shape index (κ1) is 16.5. The van der Waals surface area contributed by atoms with Crippen molar-refractivity contribution in [3.05, 3.63) is 72.2 Å². The summed E-state index contributed by atoms with van der Waals surface area (Å²) in [5, 5.41) is 9.47. The average Bonchev–Trinajstić information content (AvgIpc) is 3.17. The summed E-state index contributed by atoms with van der Waals surface area (Å²) in [6, 6.07) is 11.2. The molecule has 1 amide bonds. The van der Waals surface area contributed by atoms with Crippen LogP contribution in [0.5, 0.6) is 11.5 Å². The lowest BCUT2D eigenvalue weighted by Gasteiger charge is -2.25. The Morgan fingerprint density at radius 3 is 2.82 bits per heavy atom. The van der Waals surface area contributed by atoms with E-state index < -0.39 is 5.41 Å². The smallest absolute Gasteiger partial charge is 0.244 e. The number of amides is 1. The molecule has 3 heterocycles. The topological polar surface area (TPSA) is 92.2 Å². The fourth-order valence-corrected chi connectivity index (χ4v) is 3.67. The number of carbonyl (C=O) groups excluding carboxylic acids is 1. The monoisotopic (exact) mass is 372 g/mol. The summed E-state index contributed by atoms with van der Waals surface area (Å²) in [7, 11) is 0. The van der Waals surface area contributed by atoms with Crippen LogP contribution in [-0.4, -0.2) is 20.8 Å². The predicted molar refractivity (Wildman–Crippen MR) is 96.9 cm³/mol. The average molecular weight is 372 g/mol. The highest BCUT2D eigenvalue weighted by molar-refractivity contribution is 5.89. The molecule has 28 heavy (non-hydrogen) atoms. The molecule has 0 unspecified atom stereocenters. The molecule has 0 spiro atoms. The number of rotatable bonds is 4. The molecule has 2 aromatic heterocycles. The summed E-state index contributed by atoms with van der Waals surface area (Å²) in [6.45, 7) is 0.396. The molecule has 3 aromatic rings. The Kier molecular flexibility index (Phi) is 3.66. The van der Waals surface area contributed by atoms with Crippen molar-refractivity contribution in [2.75, 3.05) is 0 Å². The highest BCUT2D eigenvalue weighted by atomic mass is 16.5. The van der Waals surface area contributed by atoms with Gasteiger partial charge in [-0.1, -0.05) is 6.07 Å². The quantitative estimate of drug-likeness (QED) is 0.695. The number of nitriles is 1. The van der Waals surface area contributed by atoms with Gasteiger partial charge in [0.25, 0.3) is 0 Å². The molecule has 0 saturated heterocycles. The number of ether oxygens (including phenoxy) is 1. The molecular formula is C21H16N4O3. The fourth-order valence-electron chi connectivity index (χ4n) is 3.67. The standard InChI is InChI=1S/C21H16N4O3/c22-12-21(5-6-21)20(26)25-11-14-8-15(28-16-2-1-7-23-9-16)3-4-17(14)19(25)18-10-24-13-27-18/h1-4,7-10,13,19H,5-6,11H2/t19-/m0/s1. The first-order valence-corrected chi connectivity index (χ1v) is 9.02. The van der Waals surface area contributed by atoms with Crippen molar-refractivity contribution in [1.29, 1.82) is 5.26 Å². The summed E-state index contributed by atoms with van der Waals surface area (Å²) in [6.07, 6.45) is 7.51. The Balaban J connectivity index is 1.50. The lowest BCUT2D eigenvalue weighted by molar-refractivity contribution is -0.137. The molecule has 0 radical (unpaired) electrons. The minimum absolute atomic E-state index is 0.151. The van der Waals surface area contributed by atoms with E-state index in [1.807, 2.05) is 24.3 Å². The number of carbonyl (C=O) groups is 1. The first-order chi connectivity index (χ1) is 13.7. The van der Waals surface area contributed by atoms with Gasteiger partial charge in [-0.2, -0.15) is 5.26 Å². The molecule has 5 rings (SSSR count). The Morgan fingerprint density at radius 1 is 1.25 bits per heavy atom. The van der Waals surface area contributed by atoms with Crippen LogP contribution in [0.3, 0.4) is 0 Å². The number of aromatic nitrogens is 2.